The Hall–Kier alpha value is -1.61. The predicted octanol–water partition coefficient (Wildman–Crippen LogP) is 0.631. The molecule has 6 nitrogen and oxygen atoms in total. The van der Waals surface area contributed by atoms with Crippen LogP contribution in [-0.2, 0) is 16.1 Å². The van der Waals surface area contributed by atoms with Gasteiger partial charge in [0.2, 0.25) is 5.91 Å². The van der Waals surface area contributed by atoms with Gasteiger partial charge in [-0.2, -0.15) is 13.2 Å². The minimum Gasteiger partial charge on any atom is -0.378 e. The number of hydrogen-bond donors (Lipinski definition) is 1. The molecule has 0 unspecified atom stereocenters. The van der Waals surface area contributed by atoms with E-state index < -0.39 is 24.7 Å². The van der Waals surface area contributed by atoms with Crippen molar-refractivity contribution in [3.8, 4) is 0 Å². The SMILES string of the molecule is CN(Cc1ncc[nH]1)C(=O)[C@@H]1COCCN1CC(F)(F)F. The molecule has 9 heteroatoms. The quantitative estimate of drug-likeness (QED) is 0.886. The molecule has 1 aliphatic heterocycles. The Kier molecular flexibility index (Phi) is 4.84. The Morgan fingerprint density at radius 2 is 2.38 bits per heavy atom. The summed E-state index contributed by atoms with van der Waals surface area (Å²) in [4.78, 5) is 21.6. The zero-order chi connectivity index (χ0) is 15.5. The van der Waals surface area contributed by atoms with Gasteiger partial charge in [-0.15, -0.1) is 0 Å². The largest absolute Gasteiger partial charge is 0.401 e. The monoisotopic (exact) mass is 306 g/mol. The third kappa shape index (κ3) is 4.43. The summed E-state index contributed by atoms with van der Waals surface area (Å²) in [6.07, 6.45) is -1.17. The normalized spacial score (nSPS) is 20.5. The smallest absolute Gasteiger partial charge is 0.378 e. The van der Waals surface area contributed by atoms with Crippen LogP contribution >= 0.6 is 0 Å². The second-order valence-corrected chi connectivity index (χ2v) is 4.91. The Morgan fingerprint density at radius 1 is 1.62 bits per heavy atom. The number of nitrogens with zero attached hydrogens (tertiary/aromatic N) is 3. The summed E-state index contributed by atoms with van der Waals surface area (Å²) in [5, 5.41) is 0. The first-order valence-electron chi connectivity index (χ1n) is 6.48. The highest BCUT2D eigenvalue weighted by molar-refractivity contribution is 5.81. The van der Waals surface area contributed by atoms with Crippen LogP contribution in [0.5, 0.6) is 0 Å². The molecule has 0 radical (unpaired) electrons. The number of likely N-dealkylation sites (N-methyl/N-ethyl adjacent to an activating group) is 1. The van der Waals surface area contributed by atoms with E-state index in [4.69, 9.17) is 4.74 Å². The summed E-state index contributed by atoms with van der Waals surface area (Å²) >= 11 is 0. The zero-order valence-corrected chi connectivity index (χ0v) is 11.6. The lowest BCUT2D eigenvalue weighted by molar-refractivity contribution is -0.170. The highest BCUT2D eigenvalue weighted by Gasteiger charge is 2.39. The number of H-pyrrole nitrogens is 1. The first kappa shape index (κ1) is 15.8. The first-order chi connectivity index (χ1) is 9.87. The number of nitrogens with one attached hydrogen (secondary N) is 1. The molecule has 21 heavy (non-hydrogen) atoms. The Bertz CT molecular complexity index is 464. The molecule has 1 atom stereocenters. The number of alkyl halides is 3. The first-order valence-corrected chi connectivity index (χ1v) is 6.48. The van der Waals surface area contributed by atoms with E-state index in [9.17, 15) is 18.0 Å². The summed E-state index contributed by atoms with van der Waals surface area (Å²) in [7, 11) is 1.53. The topological polar surface area (TPSA) is 61.5 Å². The number of imidazole rings is 1. The van der Waals surface area contributed by atoms with Crippen molar-refractivity contribution in [3.63, 3.8) is 0 Å². The molecule has 1 aromatic rings. The molecule has 2 heterocycles. The number of aromatic amines is 1. The fraction of sp³-hybridized carbons (Fsp3) is 0.667. The van der Waals surface area contributed by atoms with Gasteiger partial charge >= 0.3 is 6.18 Å². The van der Waals surface area contributed by atoms with Gasteiger partial charge in [0.15, 0.2) is 0 Å². The second kappa shape index (κ2) is 6.44. The molecule has 0 aliphatic carbocycles. The molecule has 1 saturated heterocycles. The molecule has 1 N–H and O–H groups in total. The summed E-state index contributed by atoms with van der Waals surface area (Å²) in [6.45, 7) is -0.646. The minimum absolute atomic E-state index is 0.0303. The van der Waals surface area contributed by atoms with Crippen LogP contribution in [0.3, 0.4) is 0 Å². The van der Waals surface area contributed by atoms with Crippen LogP contribution in [0.25, 0.3) is 0 Å². The number of carbonyl (C=O) groups excluding carboxylic acids is 1. The minimum atomic E-state index is -4.34. The van der Waals surface area contributed by atoms with Crippen molar-refractivity contribution in [3.05, 3.63) is 18.2 Å². The van der Waals surface area contributed by atoms with Crippen molar-refractivity contribution in [1.29, 1.82) is 0 Å². The van der Waals surface area contributed by atoms with Crippen molar-refractivity contribution < 1.29 is 22.7 Å². The van der Waals surface area contributed by atoms with E-state index in [1.54, 1.807) is 12.4 Å². The number of carbonyl (C=O) groups is 1. The van der Waals surface area contributed by atoms with E-state index in [2.05, 4.69) is 9.97 Å². The summed E-state index contributed by atoms with van der Waals surface area (Å²) in [5.41, 5.74) is 0. The van der Waals surface area contributed by atoms with Gasteiger partial charge in [-0.05, 0) is 0 Å². The molecule has 1 fully saturated rings. The van der Waals surface area contributed by atoms with Gasteiger partial charge in [-0.3, -0.25) is 9.69 Å². The standard InChI is InChI=1S/C12H17F3N4O2/c1-18(6-10-16-2-3-17-10)11(20)9-7-21-5-4-19(9)8-12(13,14)15/h2-3,9H,4-8H2,1H3,(H,16,17)/t9-/m0/s1. The molecule has 2 rings (SSSR count). The fourth-order valence-electron chi connectivity index (χ4n) is 2.23. The maximum Gasteiger partial charge on any atom is 0.401 e. The van der Waals surface area contributed by atoms with Crippen LogP contribution in [0, 0.1) is 0 Å². The van der Waals surface area contributed by atoms with Gasteiger partial charge < -0.3 is 14.6 Å². The lowest BCUT2D eigenvalue weighted by atomic mass is 10.2. The van der Waals surface area contributed by atoms with Gasteiger partial charge in [0.1, 0.15) is 11.9 Å². The van der Waals surface area contributed by atoms with Crippen molar-refractivity contribution in [1.82, 2.24) is 19.8 Å². The number of rotatable bonds is 4. The number of amides is 1. The average molecular weight is 306 g/mol. The van der Waals surface area contributed by atoms with Gasteiger partial charge in [0.25, 0.3) is 0 Å². The van der Waals surface area contributed by atoms with Crippen molar-refractivity contribution in [2.75, 3.05) is 33.4 Å². The third-order valence-corrected chi connectivity index (χ3v) is 3.22. The molecule has 0 saturated carbocycles. The number of halogens is 3. The molecule has 118 valence electrons. The average Bonchev–Trinajstić information content (AvgIpc) is 2.89. The van der Waals surface area contributed by atoms with E-state index >= 15 is 0 Å². The number of hydrogen-bond acceptors (Lipinski definition) is 4. The van der Waals surface area contributed by atoms with Crippen LogP contribution in [0.2, 0.25) is 0 Å². The number of ether oxygens (including phenoxy) is 1. The van der Waals surface area contributed by atoms with Gasteiger partial charge in [-0.25, -0.2) is 4.98 Å². The lowest BCUT2D eigenvalue weighted by Gasteiger charge is -2.36. The van der Waals surface area contributed by atoms with E-state index in [0.717, 1.165) is 4.90 Å². The molecular weight excluding hydrogens is 289 g/mol. The summed E-state index contributed by atoms with van der Waals surface area (Å²) in [5.74, 6) is 0.167. The van der Waals surface area contributed by atoms with E-state index in [1.165, 1.54) is 11.9 Å². The molecule has 1 amide bonds. The van der Waals surface area contributed by atoms with Crippen LogP contribution in [-0.4, -0.2) is 71.2 Å². The highest BCUT2D eigenvalue weighted by atomic mass is 19.4. The van der Waals surface area contributed by atoms with E-state index in [1.807, 2.05) is 0 Å². The maximum atomic E-state index is 12.6. The molecule has 1 aliphatic rings. The Morgan fingerprint density at radius 3 is 3.00 bits per heavy atom. The Labute approximate surface area is 119 Å². The van der Waals surface area contributed by atoms with Crippen LogP contribution in [0.1, 0.15) is 5.82 Å². The lowest BCUT2D eigenvalue weighted by Crippen LogP contribution is -2.56. The second-order valence-electron chi connectivity index (χ2n) is 4.91. The zero-order valence-electron chi connectivity index (χ0n) is 11.6. The predicted molar refractivity (Wildman–Crippen MR) is 67.3 cm³/mol. The van der Waals surface area contributed by atoms with Gasteiger partial charge in [0, 0.05) is 26.0 Å². The molecular formula is C12H17F3N4O2. The summed E-state index contributed by atoms with van der Waals surface area (Å²) < 4.78 is 42.8. The highest BCUT2D eigenvalue weighted by Crippen LogP contribution is 2.20. The number of morpholine rings is 1. The third-order valence-electron chi connectivity index (χ3n) is 3.22. The molecule has 0 bridgehead atoms. The maximum absolute atomic E-state index is 12.6. The van der Waals surface area contributed by atoms with Crippen molar-refractivity contribution >= 4 is 5.91 Å². The van der Waals surface area contributed by atoms with E-state index in [0.29, 0.717) is 5.82 Å². The molecule has 1 aromatic heterocycles. The molecule has 0 aromatic carbocycles. The van der Waals surface area contributed by atoms with Gasteiger partial charge in [0.05, 0.1) is 26.3 Å². The van der Waals surface area contributed by atoms with Gasteiger partial charge in [-0.1, -0.05) is 0 Å². The Balaban J connectivity index is 2.00. The van der Waals surface area contributed by atoms with Crippen molar-refractivity contribution in [2.45, 2.75) is 18.8 Å². The van der Waals surface area contributed by atoms with E-state index in [-0.39, 0.29) is 26.3 Å². The van der Waals surface area contributed by atoms with Crippen LogP contribution < -0.4 is 0 Å². The van der Waals surface area contributed by atoms with Crippen LogP contribution in [0.4, 0.5) is 13.2 Å². The fourth-order valence-corrected chi connectivity index (χ4v) is 2.23. The molecule has 0 spiro atoms. The number of aromatic nitrogens is 2. The van der Waals surface area contributed by atoms with Crippen LogP contribution in [0.15, 0.2) is 12.4 Å². The summed E-state index contributed by atoms with van der Waals surface area (Å²) in [6, 6.07) is -0.916. The van der Waals surface area contributed by atoms with Crippen molar-refractivity contribution in [2.24, 2.45) is 0 Å².